The first-order valence-electron chi connectivity index (χ1n) is 6.39. The van der Waals surface area contributed by atoms with E-state index in [4.69, 9.17) is 12.2 Å². The Balaban J connectivity index is 2.04. The number of hydrogen-bond donors (Lipinski definition) is 2. The number of carbonyl (C=O) groups excluding carboxylic acids is 1. The normalized spacial score (nSPS) is 10.0. The number of amides is 1. The van der Waals surface area contributed by atoms with Crippen molar-refractivity contribution in [2.45, 2.75) is 13.5 Å². The lowest BCUT2D eigenvalue weighted by molar-refractivity contribution is -0.383. The second-order valence-electron chi connectivity index (χ2n) is 4.27. The largest absolute Gasteiger partial charge is 0.327 e. The summed E-state index contributed by atoms with van der Waals surface area (Å²) in [4.78, 5) is 22.3. The van der Waals surface area contributed by atoms with Gasteiger partial charge in [0.15, 0.2) is 5.11 Å². The van der Waals surface area contributed by atoms with Crippen LogP contribution in [0.4, 0.5) is 11.4 Å². The van der Waals surface area contributed by atoms with E-state index in [1.165, 1.54) is 18.3 Å². The average Bonchev–Trinajstić information content (AvgIpc) is 2.96. The van der Waals surface area contributed by atoms with E-state index in [0.29, 0.717) is 12.1 Å². The highest BCUT2D eigenvalue weighted by Crippen LogP contribution is 2.22. The molecule has 0 saturated heterocycles. The van der Waals surface area contributed by atoms with Gasteiger partial charge in [0.2, 0.25) is 0 Å². The molecule has 8 nitrogen and oxygen atoms in total. The lowest BCUT2D eigenvalue weighted by Gasteiger charge is -2.08. The molecule has 114 valence electrons. The Labute approximate surface area is 131 Å². The smallest absolute Gasteiger partial charge is 0.292 e. The van der Waals surface area contributed by atoms with Crippen molar-refractivity contribution < 1.29 is 9.72 Å². The fourth-order valence-corrected chi connectivity index (χ4v) is 1.92. The minimum atomic E-state index is -0.530. The quantitative estimate of drug-likeness (QED) is 0.507. The summed E-state index contributed by atoms with van der Waals surface area (Å²) in [6, 6.07) is 6.03. The Kier molecular flexibility index (Phi) is 4.79. The summed E-state index contributed by atoms with van der Waals surface area (Å²) in [6.07, 6.45) is 3.01. The van der Waals surface area contributed by atoms with Crippen LogP contribution in [-0.4, -0.2) is 25.7 Å². The molecule has 1 heterocycles. The van der Waals surface area contributed by atoms with Crippen molar-refractivity contribution >= 4 is 34.6 Å². The summed E-state index contributed by atoms with van der Waals surface area (Å²) in [5, 5.41) is 20.0. The first-order valence-corrected chi connectivity index (χ1v) is 6.80. The number of nitrogens with one attached hydrogen (secondary N) is 2. The van der Waals surface area contributed by atoms with Crippen molar-refractivity contribution in [3.8, 4) is 0 Å². The van der Waals surface area contributed by atoms with Gasteiger partial charge in [0.1, 0.15) is 5.69 Å². The maximum Gasteiger partial charge on any atom is 0.292 e. The zero-order valence-corrected chi connectivity index (χ0v) is 12.5. The second kappa shape index (κ2) is 6.76. The van der Waals surface area contributed by atoms with Crippen LogP contribution in [0.5, 0.6) is 0 Å². The Morgan fingerprint density at radius 2 is 2.18 bits per heavy atom. The molecule has 0 atom stereocenters. The van der Waals surface area contributed by atoms with E-state index in [1.807, 2.05) is 6.92 Å². The van der Waals surface area contributed by atoms with Gasteiger partial charge in [-0.2, -0.15) is 5.10 Å². The summed E-state index contributed by atoms with van der Waals surface area (Å²) in [5.41, 5.74) is 0.438. The topological polar surface area (TPSA) is 102 Å². The predicted molar refractivity (Wildman–Crippen MR) is 84.7 cm³/mol. The number of nitro benzene ring substituents is 1. The van der Waals surface area contributed by atoms with Gasteiger partial charge < -0.3 is 5.32 Å². The van der Waals surface area contributed by atoms with Crippen LogP contribution in [0.25, 0.3) is 0 Å². The van der Waals surface area contributed by atoms with Gasteiger partial charge in [-0.1, -0.05) is 12.1 Å². The van der Waals surface area contributed by atoms with E-state index in [1.54, 1.807) is 23.0 Å². The second-order valence-corrected chi connectivity index (χ2v) is 4.68. The third-order valence-corrected chi connectivity index (χ3v) is 3.00. The molecule has 2 N–H and O–H groups in total. The highest BCUT2D eigenvalue weighted by Gasteiger charge is 2.15. The van der Waals surface area contributed by atoms with Gasteiger partial charge in [0, 0.05) is 18.8 Å². The van der Waals surface area contributed by atoms with Crippen molar-refractivity contribution in [2.24, 2.45) is 0 Å². The molecular formula is C13H13N5O3S. The molecule has 2 aromatic rings. The fourth-order valence-electron chi connectivity index (χ4n) is 1.72. The third kappa shape index (κ3) is 3.64. The van der Waals surface area contributed by atoms with Crippen molar-refractivity contribution in [2.75, 3.05) is 5.32 Å². The van der Waals surface area contributed by atoms with Crippen molar-refractivity contribution in [3.05, 3.63) is 52.3 Å². The van der Waals surface area contributed by atoms with Gasteiger partial charge in [0.25, 0.3) is 11.6 Å². The number of benzene rings is 1. The average molecular weight is 319 g/mol. The Hall–Kier alpha value is -2.81. The molecule has 0 radical (unpaired) electrons. The van der Waals surface area contributed by atoms with Crippen LogP contribution in [0.1, 0.15) is 17.3 Å². The van der Waals surface area contributed by atoms with Crippen LogP contribution in [0.3, 0.4) is 0 Å². The van der Waals surface area contributed by atoms with E-state index in [-0.39, 0.29) is 16.5 Å². The van der Waals surface area contributed by atoms with E-state index in [2.05, 4.69) is 15.7 Å². The Morgan fingerprint density at radius 1 is 1.45 bits per heavy atom. The molecule has 9 heteroatoms. The van der Waals surface area contributed by atoms with Crippen molar-refractivity contribution in [1.82, 2.24) is 15.1 Å². The van der Waals surface area contributed by atoms with Crippen LogP contribution >= 0.6 is 12.2 Å². The third-order valence-electron chi connectivity index (χ3n) is 2.80. The first kappa shape index (κ1) is 15.6. The molecule has 2 rings (SSSR count). The molecule has 1 aromatic carbocycles. The number of para-hydroxylation sites is 2. The minimum absolute atomic E-state index is 0.0245. The van der Waals surface area contributed by atoms with Crippen LogP contribution in [0.2, 0.25) is 0 Å². The summed E-state index contributed by atoms with van der Waals surface area (Å²) in [5.74, 6) is -0.434. The molecule has 0 bridgehead atoms. The zero-order chi connectivity index (χ0) is 16.1. The van der Waals surface area contributed by atoms with Gasteiger partial charge in [0.05, 0.1) is 16.7 Å². The minimum Gasteiger partial charge on any atom is -0.327 e. The van der Waals surface area contributed by atoms with Crippen LogP contribution < -0.4 is 10.6 Å². The summed E-state index contributed by atoms with van der Waals surface area (Å²) >= 11 is 5.00. The predicted octanol–water partition coefficient (Wildman–Crippen LogP) is 1.94. The molecule has 0 aliphatic rings. The van der Waals surface area contributed by atoms with Crippen LogP contribution in [0.15, 0.2) is 36.7 Å². The molecule has 0 aliphatic carbocycles. The highest BCUT2D eigenvalue weighted by molar-refractivity contribution is 7.80. The molecule has 22 heavy (non-hydrogen) atoms. The SMILES string of the molecule is CCn1cc(C(=O)NC(=S)Nc2ccccc2[N+](=O)[O-])cn1. The number of aryl methyl sites for hydroxylation is 1. The van der Waals surface area contributed by atoms with E-state index in [0.717, 1.165) is 0 Å². The van der Waals surface area contributed by atoms with E-state index in [9.17, 15) is 14.9 Å². The number of nitrogens with zero attached hydrogens (tertiary/aromatic N) is 3. The number of rotatable bonds is 4. The lowest BCUT2D eigenvalue weighted by Crippen LogP contribution is -2.34. The van der Waals surface area contributed by atoms with Crippen LogP contribution in [-0.2, 0) is 6.54 Å². The number of aromatic nitrogens is 2. The maximum atomic E-state index is 12.0. The number of anilines is 1. The maximum absolute atomic E-state index is 12.0. The first-order chi connectivity index (χ1) is 10.5. The highest BCUT2D eigenvalue weighted by atomic mass is 32.1. The van der Waals surface area contributed by atoms with Gasteiger partial charge in [-0.25, -0.2) is 0 Å². The van der Waals surface area contributed by atoms with Gasteiger partial charge in [-0.15, -0.1) is 0 Å². The summed E-state index contributed by atoms with van der Waals surface area (Å²) in [7, 11) is 0. The monoisotopic (exact) mass is 319 g/mol. The number of thiocarbonyl (C=S) groups is 1. The van der Waals surface area contributed by atoms with Gasteiger partial charge in [-0.3, -0.25) is 24.9 Å². The van der Waals surface area contributed by atoms with E-state index < -0.39 is 10.8 Å². The molecule has 0 saturated carbocycles. The van der Waals surface area contributed by atoms with E-state index >= 15 is 0 Å². The number of hydrogen-bond acceptors (Lipinski definition) is 5. The number of nitro groups is 1. The zero-order valence-electron chi connectivity index (χ0n) is 11.6. The molecule has 0 fully saturated rings. The lowest BCUT2D eigenvalue weighted by atomic mass is 10.3. The van der Waals surface area contributed by atoms with Crippen molar-refractivity contribution in [1.29, 1.82) is 0 Å². The van der Waals surface area contributed by atoms with Crippen molar-refractivity contribution in [3.63, 3.8) is 0 Å². The summed E-state index contributed by atoms with van der Waals surface area (Å²) in [6.45, 7) is 2.54. The Bertz CT molecular complexity index is 728. The van der Waals surface area contributed by atoms with Crippen LogP contribution in [0, 0.1) is 10.1 Å². The molecule has 1 aromatic heterocycles. The Morgan fingerprint density at radius 3 is 2.82 bits per heavy atom. The molecule has 1 amide bonds. The molecule has 0 unspecified atom stereocenters. The standard InChI is InChI=1S/C13H13N5O3S/c1-2-17-8-9(7-14-17)12(19)16-13(22)15-10-5-3-4-6-11(10)18(20)21/h3-8H,2H2,1H3,(H2,15,16,19,22). The fraction of sp³-hybridized carbons (Fsp3) is 0.154. The summed E-state index contributed by atoms with van der Waals surface area (Å²) < 4.78 is 1.60. The molecule has 0 aliphatic heterocycles. The van der Waals surface area contributed by atoms with Gasteiger partial charge in [-0.05, 0) is 25.2 Å². The molecular weight excluding hydrogens is 306 g/mol. The molecule has 0 spiro atoms. The van der Waals surface area contributed by atoms with Gasteiger partial charge >= 0.3 is 0 Å². The number of carbonyl (C=O) groups is 1.